The molecular weight excluding hydrogens is 324 g/mol. The number of benzene rings is 1. The number of carbonyl (C=O) groups is 1. The maximum atomic E-state index is 12.5. The standard InChI is InChI=1S/C15H11ClN2OS2/c1-9(13(19)10-3-2-4-11(16)7-10)21-15-14-12(5-6-20-14)17-8-18-15/h2-9H,1H3. The lowest BCUT2D eigenvalue weighted by Gasteiger charge is -2.10. The molecule has 21 heavy (non-hydrogen) atoms. The number of aromatic nitrogens is 2. The van der Waals surface area contributed by atoms with Crippen LogP contribution in [0.15, 0.2) is 47.1 Å². The highest BCUT2D eigenvalue weighted by Crippen LogP contribution is 2.32. The summed E-state index contributed by atoms with van der Waals surface area (Å²) in [7, 11) is 0. The lowest BCUT2D eigenvalue weighted by atomic mass is 10.1. The number of rotatable bonds is 4. The van der Waals surface area contributed by atoms with E-state index in [0.29, 0.717) is 10.6 Å². The highest BCUT2D eigenvalue weighted by Gasteiger charge is 2.19. The molecule has 3 nitrogen and oxygen atoms in total. The lowest BCUT2D eigenvalue weighted by Crippen LogP contribution is -2.13. The van der Waals surface area contributed by atoms with Crippen LogP contribution in [-0.4, -0.2) is 21.0 Å². The normalized spacial score (nSPS) is 12.5. The van der Waals surface area contributed by atoms with Crippen molar-refractivity contribution in [3.8, 4) is 0 Å². The molecule has 0 spiro atoms. The lowest BCUT2D eigenvalue weighted by molar-refractivity contribution is 0.0994. The highest BCUT2D eigenvalue weighted by atomic mass is 35.5. The topological polar surface area (TPSA) is 42.9 Å². The predicted octanol–water partition coefficient (Wildman–Crippen LogP) is 4.71. The van der Waals surface area contributed by atoms with Crippen molar-refractivity contribution in [2.24, 2.45) is 0 Å². The summed E-state index contributed by atoms with van der Waals surface area (Å²) in [5, 5.41) is 3.16. The second-order valence-corrected chi connectivity index (χ2v) is 7.13. The molecule has 3 aromatic rings. The fraction of sp³-hybridized carbons (Fsp3) is 0.133. The average molecular weight is 335 g/mol. The third kappa shape index (κ3) is 3.10. The van der Waals surface area contributed by atoms with Gasteiger partial charge in [-0.05, 0) is 30.5 Å². The van der Waals surface area contributed by atoms with E-state index in [9.17, 15) is 4.79 Å². The van der Waals surface area contributed by atoms with Crippen LogP contribution in [0.4, 0.5) is 0 Å². The van der Waals surface area contributed by atoms with Crippen molar-refractivity contribution in [2.45, 2.75) is 17.2 Å². The molecule has 2 heterocycles. The summed E-state index contributed by atoms with van der Waals surface area (Å²) in [6.45, 7) is 1.88. The smallest absolute Gasteiger partial charge is 0.175 e. The summed E-state index contributed by atoms with van der Waals surface area (Å²) in [6.07, 6.45) is 1.54. The Morgan fingerprint density at radius 1 is 1.33 bits per heavy atom. The number of hydrogen-bond donors (Lipinski definition) is 0. The highest BCUT2D eigenvalue weighted by molar-refractivity contribution is 8.00. The summed E-state index contributed by atoms with van der Waals surface area (Å²) in [5.74, 6) is 0.0471. The molecule has 106 valence electrons. The van der Waals surface area contributed by atoms with E-state index in [2.05, 4.69) is 9.97 Å². The van der Waals surface area contributed by atoms with Crippen LogP contribution in [0, 0.1) is 0 Å². The molecule has 0 fully saturated rings. The SMILES string of the molecule is CC(Sc1ncnc2ccsc12)C(=O)c1cccc(Cl)c1. The minimum atomic E-state index is -0.233. The number of fused-ring (bicyclic) bond motifs is 1. The van der Waals surface area contributed by atoms with Crippen molar-refractivity contribution in [3.05, 3.63) is 52.6 Å². The van der Waals surface area contributed by atoms with Gasteiger partial charge < -0.3 is 0 Å². The second kappa shape index (κ2) is 6.13. The van der Waals surface area contributed by atoms with E-state index in [1.54, 1.807) is 35.6 Å². The number of nitrogens with zero attached hydrogens (tertiary/aromatic N) is 2. The first kappa shape index (κ1) is 14.5. The molecule has 1 aromatic carbocycles. The van der Waals surface area contributed by atoms with E-state index in [4.69, 9.17) is 11.6 Å². The zero-order valence-electron chi connectivity index (χ0n) is 11.1. The van der Waals surface area contributed by atoms with Crippen molar-refractivity contribution < 1.29 is 4.79 Å². The summed E-state index contributed by atoms with van der Waals surface area (Å²) in [6, 6.07) is 8.98. The minimum Gasteiger partial charge on any atom is -0.293 e. The molecule has 1 atom stereocenters. The molecule has 0 N–H and O–H groups in total. The van der Waals surface area contributed by atoms with Gasteiger partial charge in [-0.15, -0.1) is 11.3 Å². The van der Waals surface area contributed by atoms with Gasteiger partial charge in [0.05, 0.1) is 15.5 Å². The van der Waals surface area contributed by atoms with Gasteiger partial charge in [-0.3, -0.25) is 4.79 Å². The Labute approximate surface area is 135 Å². The zero-order valence-corrected chi connectivity index (χ0v) is 13.5. The molecule has 0 aliphatic rings. The molecule has 0 saturated heterocycles. The second-order valence-electron chi connectivity index (χ2n) is 4.45. The number of carbonyl (C=O) groups excluding carboxylic acids is 1. The van der Waals surface area contributed by atoms with Gasteiger partial charge in [-0.2, -0.15) is 0 Å². The molecule has 0 aliphatic carbocycles. The fourth-order valence-electron chi connectivity index (χ4n) is 1.95. The average Bonchev–Trinajstić information content (AvgIpc) is 2.96. The van der Waals surface area contributed by atoms with Crippen LogP contribution < -0.4 is 0 Å². The maximum Gasteiger partial charge on any atom is 0.175 e. The van der Waals surface area contributed by atoms with Gasteiger partial charge in [0.25, 0.3) is 0 Å². The molecule has 2 aromatic heterocycles. The van der Waals surface area contributed by atoms with Gasteiger partial charge in [0.15, 0.2) is 5.78 Å². The van der Waals surface area contributed by atoms with Crippen molar-refractivity contribution in [1.29, 1.82) is 0 Å². The van der Waals surface area contributed by atoms with Crippen LogP contribution in [-0.2, 0) is 0 Å². The maximum absolute atomic E-state index is 12.5. The number of hydrogen-bond acceptors (Lipinski definition) is 5. The van der Waals surface area contributed by atoms with Crippen LogP contribution in [0.3, 0.4) is 0 Å². The molecule has 0 radical (unpaired) electrons. The van der Waals surface area contributed by atoms with Gasteiger partial charge in [0, 0.05) is 10.6 Å². The Bertz CT molecular complexity index is 803. The van der Waals surface area contributed by atoms with E-state index in [1.165, 1.54) is 18.1 Å². The molecule has 0 bridgehead atoms. The van der Waals surface area contributed by atoms with Crippen LogP contribution in [0.5, 0.6) is 0 Å². The quantitative estimate of drug-likeness (QED) is 0.394. The Morgan fingerprint density at radius 3 is 3.00 bits per heavy atom. The van der Waals surface area contributed by atoms with Crippen LogP contribution in [0.25, 0.3) is 10.2 Å². The molecule has 6 heteroatoms. The van der Waals surface area contributed by atoms with Crippen molar-refractivity contribution in [2.75, 3.05) is 0 Å². The number of halogens is 1. The Hall–Kier alpha value is -1.43. The Balaban J connectivity index is 1.84. The summed E-state index contributed by atoms with van der Waals surface area (Å²) >= 11 is 8.98. The van der Waals surface area contributed by atoms with Crippen LogP contribution in [0.1, 0.15) is 17.3 Å². The minimum absolute atomic E-state index is 0.0471. The number of ketones is 1. The third-order valence-corrected chi connectivity index (χ3v) is 5.35. The largest absolute Gasteiger partial charge is 0.293 e. The number of thioether (sulfide) groups is 1. The van der Waals surface area contributed by atoms with Crippen molar-refractivity contribution in [3.63, 3.8) is 0 Å². The van der Waals surface area contributed by atoms with Gasteiger partial charge in [-0.1, -0.05) is 35.5 Å². The van der Waals surface area contributed by atoms with E-state index >= 15 is 0 Å². The van der Waals surface area contributed by atoms with E-state index in [0.717, 1.165) is 15.2 Å². The predicted molar refractivity (Wildman–Crippen MR) is 88.5 cm³/mol. The molecule has 3 rings (SSSR count). The Kier molecular flexibility index (Phi) is 4.24. The fourth-order valence-corrected chi connectivity index (χ4v) is 4.05. The zero-order chi connectivity index (χ0) is 14.8. The summed E-state index contributed by atoms with van der Waals surface area (Å²) in [4.78, 5) is 21.0. The molecule has 0 aliphatic heterocycles. The molecule has 1 unspecified atom stereocenters. The van der Waals surface area contributed by atoms with Crippen molar-refractivity contribution in [1.82, 2.24) is 9.97 Å². The van der Waals surface area contributed by atoms with Crippen molar-refractivity contribution >= 4 is 50.7 Å². The van der Waals surface area contributed by atoms with Gasteiger partial charge in [-0.25, -0.2) is 9.97 Å². The molecular formula is C15H11ClN2OS2. The summed E-state index contributed by atoms with van der Waals surface area (Å²) < 4.78 is 1.02. The van der Waals surface area contributed by atoms with Crippen LogP contribution in [0.2, 0.25) is 5.02 Å². The van der Waals surface area contributed by atoms with Gasteiger partial charge in [0.1, 0.15) is 11.4 Å². The first-order chi connectivity index (χ1) is 10.1. The van der Waals surface area contributed by atoms with E-state index in [1.807, 2.05) is 18.4 Å². The number of thiophene rings is 1. The molecule has 0 saturated carbocycles. The number of Topliss-reactive ketones (excluding diaryl/α,β-unsaturated/α-hetero) is 1. The van der Waals surface area contributed by atoms with E-state index in [-0.39, 0.29) is 11.0 Å². The molecule has 0 amide bonds. The van der Waals surface area contributed by atoms with Crippen LogP contribution >= 0.6 is 34.7 Å². The van der Waals surface area contributed by atoms with Gasteiger partial charge in [0.2, 0.25) is 0 Å². The Morgan fingerprint density at radius 2 is 2.19 bits per heavy atom. The first-order valence-corrected chi connectivity index (χ1v) is 8.43. The van der Waals surface area contributed by atoms with Gasteiger partial charge >= 0.3 is 0 Å². The first-order valence-electron chi connectivity index (χ1n) is 6.30. The van der Waals surface area contributed by atoms with E-state index < -0.39 is 0 Å². The summed E-state index contributed by atoms with van der Waals surface area (Å²) in [5.41, 5.74) is 1.54. The third-order valence-electron chi connectivity index (χ3n) is 2.98. The monoisotopic (exact) mass is 334 g/mol.